The van der Waals surface area contributed by atoms with E-state index in [1.54, 1.807) is 13.2 Å². The summed E-state index contributed by atoms with van der Waals surface area (Å²) in [4.78, 5) is 4.59. The number of allylic oxidation sites excluding steroid dienone is 1. The number of halogens is 3. The van der Waals surface area contributed by atoms with Crippen molar-refractivity contribution >= 4 is 40.0 Å². The Balaban J connectivity index is 2.09. The van der Waals surface area contributed by atoms with Gasteiger partial charge in [0.05, 0.1) is 17.2 Å². The normalized spacial score (nSPS) is 12.9. The van der Waals surface area contributed by atoms with E-state index >= 15 is 0 Å². The largest absolute Gasteiger partial charge is 0.495 e. The van der Waals surface area contributed by atoms with Gasteiger partial charge >= 0.3 is 0 Å². The summed E-state index contributed by atoms with van der Waals surface area (Å²) in [6.45, 7) is 8.33. The second kappa shape index (κ2) is 12.8. The van der Waals surface area contributed by atoms with Gasteiger partial charge in [-0.2, -0.15) is 0 Å². The molecule has 180 valence electrons. The minimum Gasteiger partial charge on any atom is -0.495 e. The quantitative estimate of drug-likeness (QED) is 0.199. The van der Waals surface area contributed by atoms with Crippen molar-refractivity contribution in [3.63, 3.8) is 0 Å². The first-order valence-electron chi connectivity index (χ1n) is 10.9. The number of methoxy groups -OCH3 is 1. The molecule has 0 fully saturated rings. The second-order valence-corrected chi connectivity index (χ2v) is 10.4. The Kier molecular flexibility index (Phi) is 10.7. The van der Waals surface area contributed by atoms with Crippen molar-refractivity contribution in [3.05, 3.63) is 74.7 Å². The first-order chi connectivity index (χ1) is 15.6. The lowest BCUT2D eigenvalue weighted by atomic mass is 9.78. The second-order valence-electron chi connectivity index (χ2n) is 8.44. The number of aliphatic hydroxyl groups excluding tert-OH is 1. The van der Waals surface area contributed by atoms with E-state index < -0.39 is 0 Å². The van der Waals surface area contributed by atoms with Gasteiger partial charge in [0.25, 0.3) is 0 Å². The molecule has 0 radical (unpaired) electrons. The molecule has 0 bridgehead atoms. The van der Waals surface area contributed by atoms with Crippen LogP contribution in [0.2, 0.25) is 10.0 Å². The van der Waals surface area contributed by atoms with Crippen molar-refractivity contribution in [2.75, 3.05) is 13.7 Å². The zero-order chi connectivity index (χ0) is 24.6. The molecule has 7 heteroatoms. The van der Waals surface area contributed by atoms with Crippen LogP contribution >= 0.6 is 35.0 Å². The van der Waals surface area contributed by atoms with Gasteiger partial charge in [-0.05, 0) is 74.1 Å². The molecule has 0 aliphatic rings. The third kappa shape index (κ3) is 7.74. The highest BCUT2D eigenvalue weighted by Crippen LogP contribution is 2.36. The number of rotatable bonds is 10. The van der Waals surface area contributed by atoms with Crippen molar-refractivity contribution in [1.82, 2.24) is 0 Å². The highest BCUT2D eigenvalue weighted by molar-refractivity contribution is 8.13. The van der Waals surface area contributed by atoms with E-state index in [0.29, 0.717) is 40.0 Å². The summed E-state index contributed by atoms with van der Waals surface area (Å²) >= 11 is 14.0. The van der Waals surface area contributed by atoms with E-state index in [0.717, 1.165) is 28.2 Å². The molecule has 2 aromatic rings. The first-order valence-corrected chi connectivity index (χ1v) is 12.6. The summed E-state index contributed by atoms with van der Waals surface area (Å²) in [6.07, 6.45) is 4.05. The standard InChI is InChI=1S/C26H32Cl2FNO2S/c1-17(26(3,4)20-9-10-22(27)25(14-20)32-5)15-30-18(2)33-16-21-23(28)12-19(13-24(21)29)8-6-7-11-31/h9-10,12-15,31H,6-8,11,16H2,1-5H3/b17-15+,30-18?. The molecule has 0 aliphatic carbocycles. The Labute approximate surface area is 211 Å². The molecule has 0 saturated heterocycles. The first kappa shape index (κ1) is 27.7. The van der Waals surface area contributed by atoms with Crippen LogP contribution < -0.4 is 4.74 Å². The van der Waals surface area contributed by atoms with Crippen LogP contribution in [-0.2, 0) is 17.6 Å². The molecule has 0 atom stereocenters. The fourth-order valence-electron chi connectivity index (χ4n) is 3.22. The van der Waals surface area contributed by atoms with Crippen molar-refractivity contribution in [2.24, 2.45) is 4.99 Å². The lowest BCUT2D eigenvalue weighted by Gasteiger charge is -2.27. The van der Waals surface area contributed by atoms with Crippen molar-refractivity contribution in [3.8, 4) is 5.75 Å². The van der Waals surface area contributed by atoms with Gasteiger partial charge in [0, 0.05) is 34.6 Å². The van der Waals surface area contributed by atoms with Gasteiger partial charge in [0.15, 0.2) is 0 Å². The minimum atomic E-state index is -0.300. The summed E-state index contributed by atoms with van der Waals surface area (Å²) in [5, 5.41) is 10.7. The van der Waals surface area contributed by atoms with Crippen LogP contribution in [0.25, 0.3) is 0 Å². The predicted octanol–water partition coefficient (Wildman–Crippen LogP) is 7.99. The number of unbranched alkanes of at least 4 members (excludes halogenated alkanes) is 1. The fraction of sp³-hybridized carbons (Fsp3) is 0.423. The Morgan fingerprint density at radius 3 is 2.52 bits per heavy atom. The zero-order valence-corrected chi connectivity index (χ0v) is 22.2. The lowest BCUT2D eigenvalue weighted by Crippen LogP contribution is -2.18. The smallest absolute Gasteiger partial charge is 0.137 e. The number of aryl methyl sites for hydroxylation is 1. The minimum absolute atomic E-state index is 0.141. The molecule has 2 aromatic carbocycles. The number of hydrogen-bond donors (Lipinski definition) is 1. The Hall–Kier alpha value is -1.53. The highest BCUT2D eigenvalue weighted by atomic mass is 35.5. The van der Waals surface area contributed by atoms with Crippen molar-refractivity contribution in [1.29, 1.82) is 0 Å². The Morgan fingerprint density at radius 1 is 1.15 bits per heavy atom. The summed E-state index contributed by atoms with van der Waals surface area (Å²) in [7, 11) is 1.60. The number of nitrogens with zero attached hydrogens (tertiary/aromatic N) is 1. The van der Waals surface area contributed by atoms with Crippen LogP contribution in [0.3, 0.4) is 0 Å². The Bertz CT molecular complexity index is 998. The zero-order valence-electron chi connectivity index (χ0n) is 19.8. The van der Waals surface area contributed by atoms with Gasteiger partial charge in [-0.3, -0.25) is 4.99 Å². The molecule has 0 unspecified atom stereocenters. The number of ether oxygens (including phenoxy) is 1. The fourth-order valence-corrected chi connectivity index (χ4v) is 4.56. The summed E-state index contributed by atoms with van der Waals surface area (Å²) in [5.74, 6) is 0.747. The third-order valence-electron chi connectivity index (χ3n) is 5.80. The average molecular weight is 513 g/mol. The lowest BCUT2D eigenvalue weighted by molar-refractivity contribution is 0.284. The molecule has 0 heterocycles. The van der Waals surface area contributed by atoms with Crippen LogP contribution in [-0.4, -0.2) is 23.9 Å². The Morgan fingerprint density at radius 2 is 1.88 bits per heavy atom. The van der Waals surface area contributed by atoms with Crippen molar-refractivity contribution < 1.29 is 14.2 Å². The maximum Gasteiger partial charge on any atom is 0.137 e. The highest BCUT2D eigenvalue weighted by Gasteiger charge is 2.24. The SMILES string of the molecule is COc1cc(C(C)(C)/C(C)=C/N=C(C)SCc2c(F)cc(CCCCO)cc2Cl)ccc1Cl. The van der Waals surface area contributed by atoms with E-state index in [2.05, 4.69) is 18.8 Å². The summed E-state index contributed by atoms with van der Waals surface area (Å²) in [5.41, 5.74) is 3.21. The maximum atomic E-state index is 14.6. The molecule has 1 N–H and O–H groups in total. The molecular weight excluding hydrogens is 480 g/mol. The van der Waals surface area contributed by atoms with E-state index in [1.807, 2.05) is 44.3 Å². The van der Waals surface area contributed by atoms with E-state index in [-0.39, 0.29) is 17.8 Å². The number of aliphatic imine (C=N–C) groups is 1. The van der Waals surface area contributed by atoms with Crippen LogP contribution in [0.4, 0.5) is 4.39 Å². The number of benzene rings is 2. The number of aliphatic hydroxyl groups is 1. The van der Waals surface area contributed by atoms with Crippen LogP contribution in [0.15, 0.2) is 47.1 Å². The van der Waals surface area contributed by atoms with Gasteiger partial charge in [-0.25, -0.2) is 4.39 Å². The van der Waals surface area contributed by atoms with E-state index in [1.165, 1.54) is 11.8 Å². The number of hydrogen-bond acceptors (Lipinski definition) is 4. The molecule has 0 aliphatic heterocycles. The molecule has 3 nitrogen and oxygen atoms in total. The third-order valence-corrected chi connectivity index (χ3v) is 7.40. The summed E-state index contributed by atoms with van der Waals surface area (Å²) < 4.78 is 20.0. The molecule has 2 rings (SSSR count). The van der Waals surface area contributed by atoms with Crippen LogP contribution in [0.1, 0.15) is 57.2 Å². The topological polar surface area (TPSA) is 41.8 Å². The molecule has 0 amide bonds. The number of thioether (sulfide) groups is 1. The van der Waals surface area contributed by atoms with E-state index in [4.69, 9.17) is 33.0 Å². The van der Waals surface area contributed by atoms with Gasteiger partial charge in [-0.1, -0.05) is 43.1 Å². The predicted molar refractivity (Wildman–Crippen MR) is 141 cm³/mol. The van der Waals surface area contributed by atoms with Gasteiger partial charge < -0.3 is 9.84 Å². The van der Waals surface area contributed by atoms with Crippen LogP contribution in [0.5, 0.6) is 5.75 Å². The van der Waals surface area contributed by atoms with Crippen LogP contribution in [0, 0.1) is 5.82 Å². The molecule has 0 aromatic heterocycles. The summed E-state index contributed by atoms with van der Waals surface area (Å²) in [6, 6.07) is 9.14. The molecule has 33 heavy (non-hydrogen) atoms. The van der Waals surface area contributed by atoms with Gasteiger partial charge in [-0.15, -0.1) is 11.8 Å². The van der Waals surface area contributed by atoms with E-state index in [9.17, 15) is 4.39 Å². The average Bonchev–Trinajstić information content (AvgIpc) is 2.77. The molecular formula is C26H32Cl2FNO2S. The molecule has 0 spiro atoms. The van der Waals surface area contributed by atoms with Gasteiger partial charge in [0.2, 0.25) is 0 Å². The monoisotopic (exact) mass is 511 g/mol. The van der Waals surface area contributed by atoms with Crippen molar-refractivity contribution in [2.45, 2.75) is 58.1 Å². The van der Waals surface area contributed by atoms with Gasteiger partial charge in [0.1, 0.15) is 11.6 Å². The molecule has 0 saturated carbocycles. The maximum absolute atomic E-state index is 14.6.